The van der Waals surface area contributed by atoms with Crippen LogP contribution in [-0.2, 0) is 22.4 Å². The number of amides is 1. The van der Waals surface area contributed by atoms with Crippen molar-refractivity contribution in [3.63, 3.8) is 0 Å². The molecule has 4 heteroatoms. The third-order valence-electron chi connectivity index (χ3n) is 4.32. The van der Waals surface area contributed by atoms with Crippen LogP contribution in [0.25, 0.3) is 0 Å². The molecule has 20 heavy (non-hydrogen) atoms. The van der Waals surface area contributed by atoms with Gasteiger partial charge in [0.25, 0.3) is 0 Å². The second kappa shape index (κ2) is 6.27. The lowest BCUT2D eigenvalue weighted by Gasteiger charge is -2.35. The Bertz CT molecular complexity index is 491. The number of alkyl halides is 1. The summed E-state index contributed by atoms with van der Waals surface area (Å²) in [6.07, 6.45) is 3.04. The number of hydrogen-bond acceptors (Lipinski definition) is 2. The Hall–Kier alpha value is -0.870. The molecule has 3 rings (SSSR count). The first-order chi connectivity index (χ1) is 9.78. The number of halogens is 1. The predicted octanol–water partition coefficient (Wildman–Crippen LogP) is 2.41. The van der Waals surface area contributed by atoms with Crippen molar-refractivity contribution in [3.05, 3.63) is 35.4 Å². The third-order valence-corrected chi connectivity index (χ3v) is 5.04. The zero-order chi connectivity index (χ0) is 13.9. The molecule has 1 aliphatic heterocycles. The van der Waals surface area contributed by atoms with Crippen LogP contribution in [0.5, 0.6) is 0 Å². The first-order valence-corrected chi connectivity index (χ1v) is 8.43. The number of ether oxygens (including phenoxy) is 1. The van der Waals surface area contributed by atoms with E-state index in [1.807, 2.05) is 4.90 Å². The van der Waals surface area contributed by atoms with E-state index in [-0.39, 0.29) is 12.0 Å². The summed E-state index contributed by atoms with van der Waals surface area (Å²) in [5.74, 6) is 0.465. The molecule has 1 heterocycles. The normalized spacial score (nSPS) is 26.1. The van der Waals surface area contributed by atoms with Crippen LogP contribution in [0, 0.1) is 5.92 Å². The first-order valence-electron chi connectivity index (χ1n) is 7.31. The van der Waals surface area contributed by atoms with Crippen molar-refractivity contribution in [2.75, 3.05) is 25.0 Å². The fraction of sp³-hybridized carbons (Fsp3) is 0.562. The van der Waals surface area contributed by atoms with Gasteiger partial charge in [0.05, 0.1) is 12.7 Å². The number of hydrogen-bond donors (Lipinski definition) is 0. The second-order valence-electron chi connectivity index (χ2n) is 5.64. The highest BCUT2D eigenvalue weighted by molar-refractivity contribution is 9.09. The summed E-state index contributed by atoms with van der Waals surface area (Å²) < 4.78 is 5.61. The van der Waals surface area contributed by atoms with Crippen molar-refractivity contribution in [3.8, 4) is 0 Å². The fourth-order valence-corrected chi connectivity index (χ4v) is 3.57. The van der Waals surface area contributed by atoms with Gasteiger partial charge in [-0.3, -0.25) is 4.79 Å². The SMILES string of the molecule is O=C(C1CCc2ccccc2C1)N1CCOC(CBr)C1. The molecule has 1 aromatic carbocycles. The fourth-order valence-electron chi connectivity index (χ4n) is 3.18. The number of carbonyl (C=O) groups is 1. The largest absolute Gasteiger partial charge is 0.374 e. The highest BCUT2D eigenvalue weighted by Gasteiger charge is 2.31. The lowest BCUT2D eigenvalue weighted by Crippen LogP contribution is -2.49. The summed E-state index contributed by atoms with van der Waals surface area (Å²) in [5.41, 5.74) is 2.76. The summed E-state index contributed by atoms with van der Waals surface area (Å²) in [7, 11) is 0. The van der Waals surface area contributed by atoms with Crippen LogP contribution >= 0.6 is 15.9 Å². The average molecular weight is 338 g/mol. The van der Waals surface area contributed by atoms with Gasteiger partial charge in [-0.25, -0.2) is 0 Å². The molecule has 1 amide bonds. The van der Waals surface area contributed by atoms with Gasteiger partial charge in [0.2, 0.25) is 5.91 Å². The minimum absolute atomic E-state index is 0.142. The van der Waals surface area contributed by atoms with E-state index < -0.39 is 0 Å². The smallest absolute Gasteiger partial charge is 0.226 e. The molecule has 0 radical (unpaired) electrons. The van der Waals surface area contributed by atoms with Crippen molar-refractivity contribution in [2.24, 2.45) is 5.92 Å². The van der Waals surface area contributed by atoms with E-state index in [1.54, 1.807) is 0 Å². The summed E-state index contributed by atoms with van der Waals surface area (Å²) in [5, 5.41) is 0.796. The molecule has 0 bridgehead atoms. The van der Waals surface area contributed by atoms with Crippen LogP contribution in [0.2, 0.25) is 0 Å². The van der Waals surface area contributed by atoms with E-state index in [0.717, 1.165) is 37.7 Å². The Morgan fingerprint density at radius 2 is 2.15 bits per heavy atom. The van der Waals surface area contributed by atoms with Gasteiger partial charge in [0, 0.05) is 24.3 Å². The highest BCUT2D eigenvalue weighted by atomic mass is 79.9. The van der Waals surface area contributed by atoms with Gasteiger partial charge < -0.3 is 9.64 Å². The minimum Gasteiger partial charge on any atom is -0.374 e. The molecule has 1 aliphatic carbocycles. The standard InChI is InChI=1S/C16H20BrNO2/c17-10-15-11-18(7-8-20-15)16(19)14-6-5-12-3-1-2-4-13(12)9-14/h1-4,14-15H,5-11H2. The molecule has 0 saturated carbocycles. The van der Waals surface area contributed by atoms with Gasteiger partial charge in [0.15, 0.2) is 0 Å². The monoisotopic (exact) mass is 337 g/mol. The molecule has 3 nitrogen and oxygen atoms in total. The van der Waals surface area contributed by atoms with E-state index in [4.69, 9.17) is 4.74 Å². The van der Waals surface area contributed by atoms with Gasteiger partial charge in [-0.1, -0.05) is 40.2 Å². The van der Waals surface area contributed by atoms with Crippen LogP contribution < -0.4 is 0 Å². The van der Waals surface area contributed by atoms with Crippen LogP contribution in [0.4, 0.5) is 0 Å². The summed E-state index contributed by atoms with van der Waals surface area (Å²) in [6, 6.07) is 8.51. The molecule has 2 aliphatic rings. The average Bonchev–Trinajstić information content (AvgIpc) is 2.53. The maximum Gasteiger partial charge on any atom is 0.226 e. The topological polar surface area (TPSA) is 29.5 Å². The first kappa shape index (κ1) is 14.1. The Morgan fingerprint density at radius 1 is 1.35 bits per heavy atom. The predicted molar refractivity (Wildman–Crippen MR) is 82.1 cm³/mol. The number of fused-ring (bicyclic) bond motifs is 1. The molecule has 1 saturated heterocycles. The second-order valence-corrected chi connectivity index (χ2v) is 6.29. The molecular weight excluding hydrogens is 318 g/mol. The van der Waals surface area contributed by atoms with Gasteiger partial charge in [-0.05, 0) is 30.4 Å². The van der Waals surface area contributed by atoms with Crippen LogP contribution in [0.3, 0.4) is 0 Å². The summed E-state index contributed by atoms with van der Waals surface area (Å²) >= 11 is 3.44. The van der Waals surface area contributed by atoms with Gasteiger partial charge >= 0.3 is 0 Å². The van der Waals surface area contributed by atoms with Crippen LogP contribution in [0.1, 0.15) is 17.5 Å². The Labute approximate surface area is 128 Å². The molecule has 1 fully saturated rings. The lowest BCUT2D eigenvalue weighted by atomic mass is 9.83. The summed E-state index contributed by atoms with van der Waals surface area (Å²) in [4.78, 5) is 14.7. The Balaban J connectivity index is 1.67. The number of rotatable bonds is 2. The Kier molecular flexibility index (Phi) is 4.41. The molecule has 2 unspecified atom stereocenters. The quantitative estimate of drug-likeness (QED) is 0.775. The van der Waals surface area contributed by atoms with E-state index in [1.165, 1.54) is 11.1 Å². The van der Waals surface area contributed by atoms with Crippen molar-refractivity contribution in [1.82, 2.24) is 4.90 Å². The number of nitrogens with zero attached hydrogens (tertiary/aromatic N) is 1. The zero-order valence-corrected chi connectivity index (χ0v) is 13.1. The van der Waals surface area contributed by atoms with Crippen molar-refractivity contribution in [2.45, 2.75) is 25.4 Å². The molecule has 1 aromatic rings. The Morgan fingerprint density at radius 3 is 2.95 bits per heavy atom. The van der Waals surface area contributed by atoms with Gasteiger partial charge in [0.1, 0.15) is 0 Å². The van der Waals surface area contributed by atoms with E-state index >= 15 is 0 Å². The number of aryl methyl sites for hydroxylation is 1. The van der Waals surface area contributed by atoms with E-state index in [9.17, 15) is 4.79 Å². The molecular formula is C16H20BrNO2. The van der Waals surface area contributed by atoms with E-state index in [2.05, 4.69) is 40.2 Å². The third kappa shape index (κ3) is 2.91. The molecule has 108 valence electrons. The van der Waals surface area contributed by atoms with Crippen LogP contribution in [0.15, 0.2) is 24.3 Å². The van der Waals surface area contributed by atoms with E-state index in [0.29, 0.717) is 12.5 Å². The van der Waals surface area contributed by atoms with Crippen molar-refractivity contribution >= 4 is 21.8 Å². The van der Waals surface area contributed by atoms with Crippen LogP contribution in [-0.4, -0.2) is 41.9 Å². The lowest BCUT2D eigenvalue weighted by molar-refractivity contribution is -0.142. The molecule has 2 atom stereocenters. The summed E-state index contributed by atoms with van der Waals surface area (Å²) in [6.45, 7) is 2.12. The van der Waals surface area contributed by atoms with Gasteiger partial charge in [-0.15, -0.1) is 0 Å². The van der Waals surface area contributed by atoms with Crippen molar-refractivity contribution < 1.29 is 9.53 Å². The molecule has 0 aromatic heterocycles. The number of morpholine rings is 1. The maximum atomic E-state index is 12.7. The molecule has 0 spiro atoms. The number of benzene rings is 1. The number of carbonyl (C=O) groups excluding carboxylic acids is 1. The van der Waals surface area contributed by atoms with Gasteiger partial charge in [-0.2, -0.15) is 0 Å². The minimum atomic E-state index is 0.142. The van der Waals surface area contributed by atoms with Crippen molar-refractivity contribution in [1.29, 1.82) is 0 Å². The highest BCUT2D eigenvalue weighted by Crippen LogP contribution is 2.27. The molecule has 0 N–H and O–H groups in total. The maximum absolute atomic E-state index is 12.7. The zero-order valence-electron chi connectivity index (χ0n) is 11.6.